The Hall–Kier alpha value is -0.570. The molecule has 0 aromatic rings. The summed E-state index contributed by atoms with van der Waals surface area (Å²) in [4.78, 5) is 10.5. The fourth-order valence-electron chi connectivity index (χ4n) is 1.35. The maximum Gasteiger partial charge on any atom is 0.306 e. The molecular formula is C10H21NO2. The highest BCUT2D eigenvalue weighted by Gasteiger charge is 2.10. The Morgan fingerprint density at radius 1 is 1.38 bits per heavy atom. The van der Waals surface area contributed by atoms with Crippen LogP contribution in [0.15, 0.2) is 0 Å². The van der Waals surface area contributed by atoms with E-state index in [2.05, 4.69) is 12.2 Å². The van der Waals surface area contributed by atoms with Gasteiger partial charge in [-0.25, -0.2) is 0 Å². The number of hydrogen-bond acceptors (Lipinski definition) is 2. The Morgan fingerprint density at radius 3 is 2.46 bits per heavy atom. The lowest BCUT2D eigenvalue weighted by Crippen LogP contribution is -2.16. The van der Waals surface area contributed by atoms with Gasteiger partial charge in [0.15, 0.2) is 0 Å². The Kier molecular flexibility index (Phi) is 6.59. The molecule has 0 spiro atoms. The molecule has 0 aromatic carbocycles. The zero-order valence-corrected chi connectivity index (χ0v) is 8.84. The third kappa shape index (κ3) is 6.58. The maximum absolute atomic E-state index is 10.5. The number of rotatable bonds is 7. The number of carboxylic acids is 1. The third-order valence-electron chi connectivity index (χ3n) is 2.31. The van der Waals surface area contributed by atoms with Crippen LogP contribution in [-0.4, -0.2) is 24.7 Å². The fourth-order valence-corrected chi connectivity index (χ4v) is 1.35. The summed E-state index contributed by atoms with van der Waals surface area (Å²) >= 11 is 0. The van der Waals surface area contributed by atoms with Crippen molar-refractivity contribution < 1.29 is 9.90 Å². The second-order valence-corrected chi connectivity index (χ2v) is 3.83. The van der Waals surface area contributed by atoms with Gasteiger partial charge < -0.3 is 10.4 Å². The van der Waals surface area contributed by atoms with Gasteiger partial charge in [-0.05, 0) is 32.4 Å². The molecule has 2 unspecified atom stereocenters. The molecule has 3 heteroatoms. The minimum atomic E-state index is -0.679. The Morgan fingerprint density at radius 2 is 2.00 bits per heavy atom. The Bertz CT molecular complexity index is 148. The molecule has 0 amide bonds. The van der Waals surface area contributed by atoms with E-state index in [1.165, 1.54) is 0 Å². The van der Waals surface area contributed by atoms with E-state index in [4.69, 9.17) is 5.11 Å². The summed E-state index contributed by atoms with van der Waals surface area (Å²) in [6.07, 6.45) is 2.91. The van der Waals surface area contributed by atoms with Crippen molar-refractivity contribution in [2.24, 2.45) is 11.8 Å². The van der Waals surface area contributed by atoms with Crippen LogP contribution < -0.4 is 5.32 Å². The zero-order valence-electron chi connectivity index (χ0n) is 8.84. The van der Waals surface area contributed by atoms with E-state index in [-0.39, 0.29) is 5.92 Å². The number of hydrogen-bond donors (Lipinski definition) is 2. The highest BCUT2D eigenvalue weighted by atomic mass is 16.4. The predicted octanol–water partition coefficient (Wildman–Crippen LogP) is 1.73. The second-order valence-electron chi connectivity index (χ2n) is 3.83. The molecule has 0 aliphatic heterocycles. The topological polar surface area (TPSA) is 49.3 Å². The normalized spacial score (nSPS) is 15.3. The summed E-state index contributed by atoms with van der Waals surface area (Å²) in [5, 5.41) is 11.8. The predicted molar refractivity (Wildman–Crippen MR) is 53.7 cm³/mol. The summed E-state index contributed by atoms with van der Waals surface area (Å²) < 4.78 is 0. The van der Waals surface area contributed by atoms with Gasteiger partial charge in [-0.2, -0.15) is 0 Å². The molecule has 2 atom stereocenters. The van der Waals surface area contributed by atoms with Crippen LogP contribution >= 0.6 is 0 Å². The van der Waals surface area contributed by atoms with E-state index in [9.17, 15) is 4.79 Å². The first kappa shape index (κ1) is 12.4. The molecule has 2 N–H and O–H groups in total. The van der Waals surface area contributed by atoms with Gasteiger partial charge in [0.2, 0.25) is 0 Å². The summed E-state index contributed by atoms with van der Waals surface area (Å²) in [5.74, 6) is -0.228. The molecule has 78 valence electrons. The summed E-state index contributed by atoms with van der Waals surface area (Å²) in [7, 11) is 1.94. The fraction of sp³-hybridized carbons (Fsp3) is 0.900. The largest absolute Gasteiger partial charge is 0.481 e. The van der Waals surface area contributed by atoms with Crippen molar-refractivity contribution in [2.75, 3.05) is 13.6 Å². The van der Waals surface area contributed by atoms with Crippen LogP contribution in [-0.2, 0) is 4.79 Å². The van der Waals surface area contributed by atoms with Gasteiger partial charge in [-0.15, -0.1) is 0 Å². The van der Waals surface area contributed by atoms with Gasteiger partial charge >= 0.3 is 5.97 Å². The van der Waals surface area contributed by atoms with Crippen LogP contribution in [0.1, 0.15) is 33.1 Å². The molecule has 0 saturated carbocycles. The first-order valence-corrected chi connectivity index (χ1v) is 4.95. The number of carboxylic acid groups (broad SMARTS) is 1. The lowest BCUT2D eigenvalue weighted by molar-refractivity contribution is -0.141. The molecule has 0 rings (SSSR count). The van der Waals surface area contributed by atoms with Gasteiger partial charge in [0.1, 0.15) is 0 Å². The highest BCUT2D eigenvalue weighted by Crippen LogP contribution is 2.12. The summed E-state index contributed by atoms with van der Waals surface area (Å²) in [6.45, 7) is 4.97. The van der Waals surface area contributed by atoms with E-state index in [0.29, 0.717) is 5.92 Å². The first-order chi connectivity index (χ1) is 6.07. The van der Waals surface area contributed by atoms with Crippen LogP contribution in [0.3, 0.4) is 0 Å². The van der Waals surface area contributed by atoms with Crippen molar-refractivity contribution in [1.82, 2.24) is 5.32 Å². The monoisotopic (exact) mass is 187 g/mol. The molecule has 0 bridgehead atoms. The van der Waals surface area contributed by atoms with Crippen molar-refractivity contribution in [3.05, 3.63) is 0 Å². The van der Waals surface area contributed by atoms with Crippen molar-refractivity contribution >= 4 is 5.97 Å². The van der Waals surface area contributed by atoms with Crippen molar-refractivity contribution in [2.45, 2.75) is 33.1 Å². The minimum absolute atomic E-state index is 0.193. The molecule has 13 heavy (non-hydrogen) atoms. The SMILES string of the molecule is CNCC(C)CCCC(C)C(=O)O. The van der Waals surface area contributed by atoms with E-state index in [0.717, 1.165) is 25.8 Å². The number of aliphatic carboxylic acids is 1. The average molecular weight is 187 g/mol. The van der Waals surface area contributed by atoms with Crippen LogP contribution in [0.2, 0.25) is 0 Å². The maximum atomic E-state index is 10.5. The second kappa shape index (κ2) is 6.89. The molecule has 0 saturated heterocycles. The molecule has 0 aliphatic rings. The lowest BCUT2D eigenvalue weighted by Gasteiger charge is -2.11. The van der Waals surface area contributed by atoms with Crippen LogP contribution in [0.25, 0.3) is 0 Å². The Balaban J connectivity index is 3.39. The molecule has 3 nitrogen and oxygen atoms in total. The van der Waals surface area contributed by atoms with Crippen LogP contribution in [0, 0.1) is 11.8 Å². The smallest absolute Gasteiger partial charge is 0.306 e. The van der Waals surface area contributed by atoms with Gasteiger partial charge in [0, 0.05) is 0 Å². The van der Waals surface area contributed by atoms with Gasteiger partial charge in [0.25, 0.3) is 0 Å². The van der Waals surface area contributed by atoms with E-state index >= 15 is 0 Å². The van der Waals surface area contributed by atoms with Crippen molar-refractivity contribution in [3.8, 4) is 0 Å². The van der Waals surface area contributed by atoms with Crippen LogP contribution in [0.5, 0.6) is 0 Å². The molecule has 0 radical (unpaired) electrons. The molecule has 0 heterocycles. The first-order valence-electron chi connectivity index (χ1n) is 4.95. The quantitative estimate of drug-likeness (QED) is 0.638. The van der Waals surface area contributed by atoms with Gasteiger partial charge in [-0.3, -0.25) is 4.79 Å². The summed E-state index contributed by atoms with van der Waals surface area (Å²) in [6, 6.07) is 0. The lowest BCUT2D eigenvalue weighted by atomic mass is 9.99. The number of nitrogens with one attached hydrogen (secondary N) is 1. The van der Waals surface area contributed by atoms with Crippen molar-refractivity contribution in [1.29, 1.82) is 0 Å². The standard InChI is InChI=1S/C10H21NO2/c1-8(7-11-3)5-4-6-9(2)10(12)13/h8-9,11H,4-7H2,1-3H3,(H,12,13). The molecule has 0 aromatic heterocycles. The third-order valence-corrected chi connectivity index (χ3v) is 2.31. The van der Waals surface area contributed by atoms with Crippen molar-refractivity contribution in [3.63, 3.8) is 0 Å². The molecule has 0 fully saturated rings. The highest BCUT2D eigenvalue weighted by molar-refractivity contribution is 5.69. The average Bonchev–Trinajstić information content (AvgIpc) is 2.04. The Labute approximate surface area is 80.5 Å². The van der Waals surface area contributed by atoms with E-state index in [1.807, 2.05) is 7.05 Å². The minimum Gasteiger partial charge on any atom is -0.481 e. The molecule has 0 aliphatic carbocycles. The number of carbonyl (C=O) groups is 1. The van der Waals surface area contributed by atoms with Gasteiger partial charge in [-0.1, -0.05) is 20.3 Å². The molecular weight excluding hydrogens is 166 g/mol. The van der Waals surface area contributed by atoms with Gasteiger partial charge in [0.05, 0.1) is 5.92 Å². The summed E-state index contributed by atoms with van der Waals surface area (Å²) in [5.41, 5.74) is 0. The van der Waals surface area contributed by atoms with E-state index < -0.39 is 5.97 Å². The van der Waals surface area contributed by atoms with E-state index in [1.54, 1.807) is 6.92 Å². The zero-order chi connectivity index (χ0) is 10.3. The van der Waals surface area contributed by atoms with Crippen LogP contribution in [0.4, 0.5) is 0 Å².